The number of carbonyl (C=O) groups excluding carboxylic acids is 1. The summed E-state index contributed by atoms with van der Waals surface area (Å²) in [5, 5.41) is 0. The van der Waals surface area contributed by atoms with Gasteiger partial charge in [0.1, 0.15) is 18.1 Å². The second kappa shape index (κ2) is 8.86. The van der Waals surface area contributed by atoms with Gasteiger partial charge < -0.3 is 9.47 Å². The van der Waals surface area contributed by atoms with E-state index in [1.54, 1.807) is 31.4 Å². The van der Waals surface area contributed by atoms with Crippen LogP contribution in [0.3, 0.4) is 0 Å². The normalized spacial score (nSPS) is 14.8. The minimum Gasteiger partial charge on any atom is -0.497 e. The average Bonchev–Trinajstić information content (AvgIpc) is 2.69. The SMILES string of the molecule is COc1ccc(C(=O)c2ccc(OCCN3CCCCC3)c(C)c2)cc1. The molecule has 0 saturated carbocycles. The summed E-state index contributed by atoms with van der Waals surface area (Å²) in [6.45, 7) is 5.99. The van der Waals surface area contributed by atoms with Crippen LogP contribution >= 0.6 is 0 Å². The van der Waals surface area contributed by atoms with Gasteiger partial charge in [0, 0.05) is 17.7 Å². The molecule has 0 spiro atoms. The van der Waals surface area contributed by atoms with E-state index >= 15 is 0 Å². The van der Waals surface area contributed by atoms with E-state index in [-0.39, 0.29) is 5.78 Å². The molecule has 4 nitrogen and oxygen atoms in total. The van der Waals surface area contributed by atoms with E-state index in [2.05, 4.69) is 4.90 Å². The van der Waals surface area contributed by atoms with Gasteiger partial charge in [0.2, 0.25) is 0 Å². The lowest BCUT2D eigenvalue weighted by atomic mass is 10.0. The van der Waals surface area contributed by atoms with Crippen molar-refractivity contribution >= 4 is 5.78 Å². The average molecular weight is 353 g/mol. The smallest absolute Gasteiger partial charge is 0.193 e. The zero-order valence-corrected chi connectivity index (χ0v) is 15.7. The lowest BCUT2D eigenvalue weighted by Crippen LogP contribution is -2.33. The van der Waals surface area contributed by atoms with Crippen LogP contribution in [-0.2, 0) is 0 Å². The van der Waals surface area contributed by atoms with E-state index < -0.39 is 0 Å². The van der Waals surface area contributed by atoms with Crippen molar-refractivity contribution in [2.75, 3.05) is 33.4 Å². The Morgan fingerprint density at radius 3 is 2.35 bits per heavy atom. The lowest BCUT2D eigenvalue weighted by molar-refractivity contribution is 0.103. The minimum absolute atomic E-state index is 0.00983. The van der Waals surface area contributed by atoms with Crippen LogP contribution in [-0.4, -0.2) is 44.0 Å². The number of nitrogens with zero attached hydrogens (tertiary/aromatic N) is 1. The molecule has 0 bridgehead atoms. The van der Waals surface area contributed by atoms with Crippen molar-refractivity contribution in [1.29, 1.82) is 0 Å². The summed E-state index contributed by atoms with van der Waals surface area (Å²) in [5.41, 5.74) is 2.32. The first-order valence-electron chi connectivity index (χ1n) is 9.32. The molecular weight excluding hydrogens is 326 g/mol. The van der Waals surface area contributed by atoms with Crippen molar-refractivity contribution in [3.63, 3.8) is 0 Å². The molecule has 1 fully saturated rings. The van der Waals surface area contributed by atoms with Crippen molar-refractivity contribution in [1.82, 2.24) is 4.90 Å². The fraction of sp³-hybridized carbons (Fsp3) is 0.409. The van der Waals surface area contributed by atoms with Crippen LogP contribution in [0, 0.1) is 6.92 Å². The van der Waals surface area contributed by atoms with Gasteiger partial charge in [-0.3, -0.25) is 9.69 Å². The van der Waals surface area contributed by atoms with Crippen LogP contribution < -0.4 is 9.47 Å². The molecule has 0 atom stereocenters. The number of rotatable bonds is 7. The topological polar surface area (TPSA) is 38.8 Å². The Labute approximate surface area is 155 Å². The number of benzene rings is 2. The number of hydrogen-bond acceptors (Lipinski definition) is 4. The fourth-order valence-corrected chi connectivity index (χ4v) is 3.33. The second-order valence-corrected chi connectivity index (χ2v) is 6.79. The number of ether oxygens (including phenoxy) is 2. The van der Waals surface area contributed by atoms with Crippen molar-refractivity contribution in [2.45, 2.75) is 26.2 Å². The molecule has 0 N–H and O–H groups in total. The van der Waals surface area contributed by atoms with Crippen molar-refractivity contribution in [2.24, 2.45) is 0 Å². The van der Waals surface area contributed by atoms with Crippen LogP contribution in [0.15, 0.2) is 42.5 Å². The Bertz CT molecular complexity index is 734. The molecule has 3 rings (SSSR count). The highest BCUT2D eigenvalue weighted by molar-refractivity contribution is 6.09. The molecule has 2 aromatic rings. The van der Waals surface area contributed by atoms with E-state index in [4.69, 9.17) is 9.47 Å². The summed E-state index contributed by atoms with van der Waals surface area (Å²) >= 11 is 0. The summed E-state index contributed by atoms with van der Waals surface area (Å²) in [6, 6.07) is 12.8. The van der Waals surface area contributed by atoms with Gasteiger partial charge in [-0.2, -0.15) is 0 Å². The van der Waals surface area contributed by atoms with Crippen LogP contribution in [0.2, 0.25) is 0 Å². The van der Waals surface area contributed by atoms with Gasteiger partial charge in [0.05, 0.1) is 7.11 Å². The summed E-state index contributed by atoms with van der Waals surface area (Å²) in [7, 11) is 1.62. The van der Waals surface area contributed by atoms with Gasteiger partial charge in [0.15, 0.2) is 5.78 Å². The number of ketones is 1. The maximum Gasteiger partial charge on any atom is 0.193 e. The number of carbonyl (C=O) groups is 1. The van der Waals surface area contributed by atoms with Crippen LogP contribution in [0.1, 0.15) is 40.7 Å². The van der Waals surface area contributed by atoms with Crippen molar-refractivity contribution in [3.05, 3.63) is 59.2 Å². The predicted molar refractivity (Wildman–Crippen MR) is 103 cm³/mol. The molecule has 0 radical (unpaired) electrons. The molecule has 0 aromatic heterocycles. The third-order valence-corrected chi connectivity index (χ3v) is 4.90. The molecule has 0 amide bonds. The van der Waals surface area contributed by atoms with Gasteiger partial charge in [-0.25, -0.2) is 0 Å². The van der Waals surface area contributed by atoms with Crippen LogP contribution in [0.25, 0.3) is 0 Å². The molecule has 0 aliphatic carbocycles. The standard InChI is InChI=1S/C22H27NO3/c1-17-16-19(22(24)18-6-9-20(25-2)10-7-18)8-11-21(17)26-15-14-23-12-4-3-5-13-23/h6-11,16H,3-5,12-15H2,1-2H3. The first-order valence-corrected chi connectivity index (χ1v) is 9.32. The number of hydrogen-bond donors (Lipinski definition) is 0. The summed E-state index contributed by atoms with van der Waals surface area (Å²) in [5.74, 6) is 1.61. The zero-order valence-electron chi connectivity index (χ0n) is 15.7. The molecular formula is C22H27NO3. The van der Waals surface area contributed by atoms with Gasteiger partial charge >= 0.3 is 0 Å². The van der Waals surface area contributed by atoms with E-state index in [0.29, 0.717) is 17.7 Å². The molecule has 138 valence electrons. The van der Waals surface area contributed by atoms with Crippen molar-refractivity contribution < 1.29 is 14.3 Å². The zero-order chi connectivity index (χ0) is 18.4. The van der Waals surface area contributed by atoms with Gasteiger partial charge in [-0.05, 0) is 80.9 Å². The minimum atomic E-state index is 0.00983. The largest absolute Gasteiger partial charge is 0.497 e. The number of likely N-dealkylation sites (tertiary alicyclic amines) is 1. The molecule has 1 heterocycles. The maximum absolute atomic E-state index is 12.6. The Morgan fingerprint density at radius 1 is 1.00 bits per heavy atom. The maximum atomic E-state index is 12.6. The Kier molecular flexibility index (Phi) is 6.29. The van der Waals surface area contributed by atoms with Crippen LogP contribution in [0.4, 0.5) is 0 Å². The molecule has 26 heavy (non-hydrogen) atoms. The number of aryl methyl sites for hydroxylation is 1. The first kappa shape index (κ1) is 18.5. The number of piperidine rings is 1. The van der Waals surface area contributed by atoms with E-state index in [0.717, 1.165) is 23.6 Å². The van der Waals surface area contributed by atoms with Gasteiger partial charge in [-0.1, -0.05) is 6.42 Å². The van der Waals surface area contributed by atoms with Crippen molar-refractivity contribution in [3.8, 4) is 11.5 Å². The van der Waals surface area contributed by atoms with Gasteiger partial charge in [-0.15, -0.1) is 0 Å². The number of methoxy groups -OCH3 is 1. The molecule has 0 unspecified atom stereocenters. The summed E-state index contributed by atoms with van der Waals surface area (Å²) < 4.78 is 11.1. The summed E-state index contributed by atoms with van der Waals surface area (Å²) in [4.78, 5) is 15.1. The molecule has 4 heteroatoms. The monoisotopic (exact) mass is 353 g/mol. The first-order chi connectivity index (χ1) is 12.7. The molecule has 1 aliphatic heterocycles. The molecule has 1 saturated heterocycles. The second-order valence-electron chi connectivity index (χ2n) is 6.79. The Balaban J connectivity index is 1.59. The lowest BCUT2D eigenvalue weighted by Gasteiger charge is -2.26. The summed E-state index contributed by atoms with van der Waals surface area (Å²) in [6.07, 6.45) is 3.93. The predicted octanol–water partition coefficient (Wildman–Crippen LogP) is 4.10. The third kappa shape index (κ3) is 4.64. The molecule has 1 aliphatic rings. The highest BCUT2D eigenvalue weighted by atomic mass is 16.5. The Morgan fingerprint density at radius 2 is 1.69 bits per heavy atom. The van der Waals surface area contributed by atoms with Gasteiger partial charge in [0.25, 0.3) is 0 Å². The Hall–Kier alpha value is -2.33. The van der Waals surface area contributed by atoms with E-state index in [1.807, 2.05) is 25.1 Å². The fourth-order valence-electron chi connectivity index (χ4n) is 3.33. The van der Waals surface area contributed by atoms with E-state index in [9.17, 15) is 4.79 Å². The highest BCUT2D eigenvalue weighted by Crippen LogP contribution is 2.22. The molecule has 2 aromatic carbocycles. The third-order valence-electron chi connectivity index (χ3n) is 4.90. The quantitative estimate of drug-likeness (QED) is 0.703. The highest BCUT2D eigenvalue weighted by Gasteiger charge is 2.12. The van der Waals surface area contributed by atoms with E-state index in [1.165, 1.54) is 32.4 Å². The van der Waals surface area contributed by atoms with Crippen LogP contribution in [0.5, 0.6) is 11.5 Å².